The molecular formula is C14H16BrNO3. The van der Waals surface area contributed by atoms with Crippen molar-refractivity contribution in [2.24, 2.45) is 0 Å². The molecule has 0 spiro atoms. The summed E-state index contributed by atoms with van der Waals surface area (Å²) in [7, 11) is 0. The van der Waals surface area contributed by atoms with Crippen LogP contribution in [0.25, 0.3) is 0 Å². The highest BCUT2D eigenvalue weighted by molar-refractivity contribution is 9.10. The van der Waals surface area contributed by atoms with Gasteiger partial charge in [-0.2, -0.15) is 0 Å². The Morgan fingerprint density at radius 1 is 1.37 bits per heavy atom. The molecule has 2 rings (SSSR count). The van der Waals surface area contributed by atoms with Crippen LogP contribution in [0.15, 0.2) is 16.6 Å². The van der Waals surface area contributed by atoms with Crippen LogP contribution in [0.2, 0.25) is 0 Å². The number of fused-ring (bicyclic) bond motifs is 1. The lowest BCUT2D eigenvalue weighted by Crippen LogP contribution is -2.33. The van der Waals surface area contributed by atoms with Gasteiger partial charge in [0.25, 0.3) is 0 Å². The maximum atomic E-state index is 12.0. The fourth-order valence-electron chi connectivity index (χ4n) is 2.01. The van der Waals surface area contributed by atoms with Crippen LogP contribution < -0.4 is 0 Å². The molecule has 0 radical (unpaired) electrons. The second kappa shape index (κ2) is 4.96. The largest absolute Gasteiger partial charge is 0.444 e. The van der Waals surface area contributed by atoms with E-state index in [4.69, 9.17) is 4.74 Å². The quantitative estimate of drug-likeness (QED) is 0.742. The summed E-state index contributed by atoms with van der Waals surface area (Å²) in [6.07, 6.45) is 0.476. The van der Waals surface area contributed by atoms with Crippen molar-refractivity contribution in [1.29, 1.82) is 0 Å². The Labute approximate surface area is 120 Å². The number of hydrogen-bond acceptors (Lipinski definition) is 3. The lowest BCUT2D eigenvalue weighted by molar-refractivity contribution is 0.0241. The zero-order chi connectivity index (χ0) is 14.2. The van der Waals surface area contributed by atoms with Crippen LogP contribution in [0.3, 0.4) is 0 Å². The fourth-order valence-corrected chi connectivity index (χ4v) is 2.66. The Balaban J connectivity index is 2.18. The van der Waals surface area contributed by atoms with Gasteiger partial charge in [0.05, 0.1) is 6.54 Å². The summed E-state index contributed by atoms with van der Waals surface area (Å²) < 4.78 is 6.21. The molecule has 0 fully saturated rings. The van der Waals surface area contributed by atoms with E-state index >= 15 is 0 Å². The SMILES string of the molecule is CC(C)(C)OC(=O)N1Cc2cc(C=O)cc(Br)c2C1. The summed E-state index contributed by atoms with van der Waals surface area (Å²) >= 11 is 3.44. The molecule has 102 valence electrons. The van der Waals surface area contributed by atoms with Crippen molar-refractivity contribution < 1.29 is 14.3 Å². The molecule has 0 saturated heterocycles. The Morgan fingerprint density at radius 3 is 2.63 bits per heavy atom. The first-order valence-electron chi connectivity index (χ1n) is 6.04. The van der Waals surface area contributed by atoms with E-state index in [2.05, 4.69) is 15.9 Å². The molecule has 5 heteroatoms. The molecule has 0 bridgehead atoms. The molecule has 1 aliphatic heterocycles. The highest BCUT2D eigenvalue weighted by Crippen LogP contribution is 2.31. The Morgan fingerprint density at radius 2 is 2.05 bits per heavy atom. The minimum Gasteiger partial charge on any atom is -0.444 e. The first kappa shape index (κ1) is 14.1. The Bertz CT molecular complexity index is 534. The molecule has 0 aliphatic carbocycles. The van der Waals surface area contributed by atoms with Crippen molar-refractivity contribution in [2.45, 2.75) is 39.5 Å². The molecule has 0 aromatic heterocycles. The summed E-state index contributed by atoms with van der Waals surface area (Å²) in [5.74, 6) is 0. The number of aldehydes is 1. The summed E-state index contributed by atoms with van der Waals surface area (Å²) in [6.45, 7) is 6.51. The molecule has 19 heavy (non-hydrogen) atoms. The lowest BCUT2D eigenvalue weighted by atomic mass is 10.1. The maximum absolute atomic E-state index is 12.0. The number of nitrogens with zero attached hydrogens (tertiary/aromatic N) is 1. The lowest BCUT2D eigenvalue weighted by Gasteiger charge is -2.24. The van der Waals surface area contributed by atoms with Gasteiger partial charge in [0.2, 0.25) is 0 Å². The van der Waals surface area contributed by atoms with Crippen LogP contribution in [-0.4, -0.2) is 22.9 Å². The molecule has 1 amide bonds. The second-order valence-electron chi connectivity index (χ2n) is 5.59. The Hall–Kier alpha value is -1.36. The van der Waals surface area contributed by atoms with Crippen molar-refractivity contribution in [3.05, 3.63) is 33.3 Å². The van der Waals surface area contributed by atoms with Gasteiger partial charge in [0.1, 0.15) is 11.9 Å². The van der Waals surface area contributed by atoms with Gasteiger partial charge in [-0.3, -0.25) is 9.69 Å². The zero-order valence-corrected chi connectivity index (χ0v) is 12.8. The van der Waals surface area contributed by atoms with Gasteiger partial charge in [0, 0.05) is 16.6 Å². The number of amides is 1. The topological polar surface area (TPSA) is 46.6 Å². The first-order chi connectivity index (χ1) is 8.80. The summed E-state index contributed by atoms with van der Waals surface area (Å²) in [4.78, 5) is 24.5. The van der Waals surface area contributed by atoms with E-state index in [9.17, 15) is 9.59 Å². The minimum absolute atomic E-state index is 0.330. The minimum atomic E-state index is -0.503. The van der Waals surface area contributed by atoms with Crippen molar-refractivity contribution in [3.8, 4) is 0 Å². The van der Waals surface area contributed by atoms with Gasteiger partial charge < -0.3 is 4.74 Å². The number of ether oxygens (including phenoxy) is 1. The highest BCUT2D eigenvalue weighted by Gasteiger charge is 2.29. The van der Waals surface area contributed by atoms with Crippen LogP contribution in [0.4, 0.5) is 4.79 Å². The normalized spacial score (nSPS) is 14.2. The Kier molecular flexibility index (Phi) is 3.67. The molecule has 0 atom stereocenters. The predicted octanol–water partition coefficient (Wildman–Crippen LogP) is 3.51. The average Bonchev–Trinajstić information content (AvgIpc) is 2.71. The van der Waals surface area contributed by atoms with Gasteiger partial charge in [-0.25, -0.2) is 4.79 Å². The van der Waals surface area contributed by atoms with Gasteiger partial charge in [-0.1, -0.05) is 15.9 Å². The van der Waals surface area contributed by atoms with Crippen LogP contribution >= 0.6 is 15.9 Å². The van der Waals surface area contributed by atoms with E-state index in [1.165, 1.54) is 0 Å². The third-order valence-electron chi connectivity index (χ3n) is 2.81. The van der Waals surface area contributed by atoms with Crippen LogP contribution in [0.1, 0.15) is 42.3 Å². The number of carbonyl (C=O) groups is 2. The smallest absolute Gasteiger partial charge is 0.410 e. The fraction of sp³-hybridized carbons (Fsp3) is 0.429. The molecule has 4 nitrogen and oxygen atoms in total. The van der Waals surface area contributed by atoms with Gasteiger partial charge in [-0.15, -0.1) is 0 Å². The molecule has 0 unspecified atom stereocenters. The van der Waals surface area contributed by atoms with Crippen LogP contribution in [0, 0.1) is 0 Å². The standard InChI is InChI=1S/C14H16BrNO3/c1-14(2,3)19-13(18)16-6-10-4-9(8-17)5-12(15)11(10)7-16/h4-5,8H,6-7H2,1-3H3. The van der Waals surface area contributed by atoms with E-state index in [-0.39, 0.29) is 6.09 Å². The van der Waals surface area contributed by atoms with E-state index in [0.717, 1.165) is 21.9 Å². The molecular weight excluding hydrogens is 310 g/mol. The molecule has 0 saturated carbocycles. The molecule has 1 aromatic carbocycles. The third kappa shape index (κ3) is 3.15. The van der Waals surface area contributed by atoms with E-state index < -0.39 is 5.60 Å². The van der Waals surface area contributed by atoms with Gasteiger partial charge >= 0.3 is 6.09 Å². The van der Waals surface area contributed by atoms with E-state index in [1.54, 1.807) is 11.0 Å². The van der Waals surface area contributed by atoms with Crippen LogP contribution in [-0.2, 0) is 17.8 Å². The van der Waals surface area contributed by atoms with Crippen molar-refractivity contribution >= 4 is 28.3 Å². The summed E-state index contributed by atoms with van der Waals surface area (Å²) in [5, 5.41) is 0. The monoisotopic (exact) mass is 325 g/mol. The third-order valence-corrected chi connectivity index (χ3v) is 3.52. The van der Waals surface area contributed by atoms with Crippen LogP contribution in [0.5, 0.6) is 0 Å². The van der Waals surface area contributed by atoms with E-state index in [1.807, 2.05) is 26.8 Å². The van der Waals surface area contributed by atoms with Crippen molar-refractivity contribution in [1.82, 2.24) is 4.90 Å². The molecule has 1 aromatic rings. The number of benzene rings is 1. The highest BCUT2D eigenvalue weighted by atomic mass is 79.9. The zero-order valence-electron chi connectivity index (χ0n) is 11.2. The molecule has 1 aliphatic rings. The molecule has 1 heterocycles. The number of rotatable bonds is 1. The summed E-state index contributed by atoms with van der Waals surface area (Å²) in [6, 6.07) is 3.59. The van der Waals surface area contributed by atoms with Gasteiger partial charge in [-0.05, 0) is 44.0 Å². The summed E-state index contributed by atoms with van der Waals surface area (Å²) in [5.41, 5.74) is 2.13. The number of halogens is 1. The number of carbonyl (C=O) groups excluding carboxylic acids is 2. The first-order valence-corrected chi connectivity index (χ1v) is 6.84. The average molecular weight is 326 g/mol. The van der Waals surface area contributed by atoms with Gasteiger partial charge in [0.15, 0.2) is 0 Å². The van der Waals surface area contributed by atoms with Crippen molar-refractivity contribution in [3.63, 3.8) is 0 Å². The number of hydrogen-bond donors (Lipinski definition) is 0. The van der Waals surface area contributed by atoms with E-state index in [0.29, 0.717) is 18.7 Å². The predicted molar refractivity (Wildman–Crippen MR) is 75.0 cm³/mol. The van der Waals surface area contributed by atoms with Crippen molar-refractivity contribution in [2.75, 3.05) is 0 Å². The molecule has 0 N–H and O–H groups in total. The second-order valence-corrected chi connectivity index (χ2v) is 6.45. The maximum Gasteiger partial charge on any atom is 0.410 e.